The van der Waals surface area contributed by atoms with Crippen molar-refractivity contribution in [2.75, 3.05) is 32.8 Å². The van der Waals surface area contributed by atoms with Crippen molar-refractivity contribution >= 4 is 5.91 Å². The molecule has 3 aliphatic rings. The van der Waals surface area contributed by atoms with Gasteiger partial charge < -0.3 is 9.64 Å². The summed E-state index contributed by atoms with van der Waals surface area (Å²) in [5.74, 6) is 0.856. The van der Waals surface area contributed by atoms with Gasteiger partial charge in [0.1, 0.15) is 0 Å². The first-order valence-corrected chi connectivity index (χ1v) is 9.26. The number of hydrogen-bond acceptors (Lipinski definition) is 4. The normalized spacial score (nSPS) is 27.2. The molecule has 130 valence electrons. The average Bonchev–Trinajstić information content (AvgIpc) is 2.58. The van der Waals surface area contributed by atoms with Crippen molar-refractivity contribution < 1.29 is 9.53 Å². The molecular formula is C19H27N3O2. The highest BCUT2D eigenvalue weighted by molar-refractivity contribution is 5.76. The Labute approximate surface area is 144 Å². The van der Waals surface area contributed by atoms with Crippen LogP contribution < -0.4 is 0 Å². The summed E-state index contributed by atoms with van der Waals surface area (Å²) in [4.78, 5) is 20.8. The second kappa shape index (κ2) is 6.81. The van der Waals surface area contributed by atoms with Crippen LogP contribution in [-0.4, -0.2) is 59.1 Å². The quantitative estimate of drug-likeness (QED) is 0.848. The molecule has 0 aliphatic carbocycles. The molecule has 0 saturated carbocycles. The Kier molecular flexibility index (Phi) is 4.55. The standard InChI is InChI=1S/C19H27N3O2/c23-18-6-2-4-10-22(18)11-16-7-8-19(24-13-16)14-21(15-19)12-17-5-1-3-9-20-17/h1,3,5,9,16H,2,4,6-8,10-15H2/t16-/m0/s1. The number of aromatic nitrogens is 1. The Morgan fingerprint density at radius 1 is 1.29 bits per heavy atom. The molecule has 3 saturated heterocycles. The lowest BCUT2D eigenvalue weighted by molar-refractivity contribution is -0.184. The Morgan fingerprint density at radius 2 is 2.21 bits per heavy atom. The van der Waals surface area contributed by atoms with Crippen molar-refractivity contribution in [3.05, 3.63) is 30.1 Å². The Hall–Kier alpha value is -1.46. The van der Waals surface area contributed by atoms with Crippen molar-refractivity contribution in [3.8, 4) is 0 Å². The number of pyridine rings is 1. The highest BCUT2D eigenvalue weighted by Crippen LogP contribution is 2.37. The molecular weight excluding hydrogens is 302 g/mol. The fourth-order valence-corrected chi connectivity index (χ4v) is 4.28. The largest absolute Gasteiger partial charge is 0.372 e. The van der Waals surface area contributed by atoms with Gasteiger partial charge in [0.15, 0.2) is 0 Å². The van der Waals surface area contributed by atoms with E-state index in [9.17, 15) is 4.79 Å². The fourth-order valence-electron chi connectivity index (χ4n) is 4.28. The van der Waals surface area contributed by atoms with Gasteiger partial charge in [-0.2, -0.15) is 0 Å². The van der Waals surface area contributed by atoms with Crippen molar-refractivity contribution in [1.29, 1.82) is 0 Å². The van der Waals surface area contributed by atoms with E-state index >= 15 is 0 Å². The van der Waals surface area contributed by atoms with Gasteiger partial charge in [-0.1, -0.05) is 6.07 Å². The molecule has 0 N–H and O–H groups in total. The molecule has 3 aliphatic heterocycles. The molecule has 1 amide bonds. The average molecular weight is 329 g/mol. The molecule has 0 bridgehead atoms. The van der Waals surface area contributed by atoms with Crippen LogP contribution >= 0.6 is 0 Å². The monoisotopic (exact) mass is 329 g/mol. The zero-order valence-electron chi connectivity index (χ0n) is 14.3. The van der Waals surface area contributed by atoms with E-state index in [4.69, 9.17) is 4.74 Å². The Balaban J connectivity index is 1.22. The zero-order chi connectivity index (χ0) is 16.4. The predicted octanol–water partition coefficient (Wildman–Crippen LogP) is 2.08. The Bertz CT molecular complexity index is 561. The lowest BCUT2D eigenvalue weighted by atomic mass is 9.82. The van der Waals surface area contributed by atoms with Gasteiger partial charge in [0, 0.05) is 51.3 Å². The molecule has 3 fully saturated rings. The van der Waals surface area contributed by atoms with Gasteiger partial charge in [-0.25, -0.2) is 0 Å². The first-order chi connectivity index (χ1) is 11.7. The van der Waals surface area contributed by atoms with Gasteiger partial charge in [0.05, 0.1) is 17.9 Å². The van der Waals surface area contributed by atoms with Gasteiger partial charge in [0.2, 0.25) is 5.91 Å². The van der Waals surface area contributed by atoms with Gasteiger partial charge in [-0.05, 0) is 37.8 Å². The van der Waals surface area contributed by atoms with E-state index in [1.165, 1.54) is 6.42 Å². The van der Waals surface area contributed by atoms with E-state index < -0.39 is 0 Å². The first kappa shape index (κ1) is 16.0. The van der Waals surface area contributed by atoms with Crippen LogP contribution in [0.3, 0.4) is 0 Å². The van der Waals surface area contributed by atoms with Crippen LogP contribution in [0.15, 0.2) is 24.4 Å². The summed E-state index contributed by atoms with van der Waals surface area (Å²) in [6.45, 7) is 5.58. The number of carbonyl (C=O) groups excluding carboxylic acids is 1. The van der Waals surface area contributed by atoms with E-state index in [2.05, 4.69) is 20.9 Å². The molecule has 5 heteroatoms. The number of nitrogens with zero attached hydrogens (tertiary/aromatic N) is 3. The zero-order valence-corrected chi connectivity index (χ0v) is 14.3. The molecule has 24 heavy (non-hydrogen) atoms. The molecule has 1 spiro atoms. The van der Waals surface area contributed by atoms with E-state index in [0.717, 1.165) is 70.7 Å². The summed E-state index contributed by atoms with van der Waals surface area (Å²) in [7, 11) is 0. The van der Waals surface area contributed by atoms with Crippen molar-refractivity contribution in [3.63, 3.8) is 0 Å². The summed E-state index contributed by atoms with van der Waals surface area (Å²) < 4.78 is 6.26. The summed E-state index contributed by atoms with van der Waals surface area (Å²) in [6, 6.07) is 6.08. The number of carbonyl (C=O) groups is 1. The molecule has 4 rings (SSSR count). The topological polar surface area (TPSA) is 45.7 Å². The third kappa shape index (κ3) is 3.47. The van der Waals surface area contributed by atoms with Crippen LogP contribution in [0.5, 0.6) is 0 Å². The highest BCUT2D eigenvalue weighted by atomic mass is 16.5. The van der Waals surface area contributed by atoms with Gasteiger partial charge in [-0.15, -0.1) is 0 Å². The van der Waals surface area contributed by atoms with E-state index in [1.54, 1.807) is 0 Å². The third-order valence-electron chi connectivity index (χ3n) is 5.67. The van der Waals surface area contributed by atoms with Crippen molar-refractivity contribution in [1.82, 2.24) is 14.8 Å². The maximum atomic E-state index is 12.0. The van der Waals surface area contributed by atoms with Crippen LogP contribution in [-0.2, 0) is 16.1 Å². The molecule has 4 heterocycles. The lowest BCUT2D eigenvalue weighted by Crippen LogP contribution is -2.64. The van der Waals surface area contributed by atoms with Gasteiger partial charge in [0.25, 0.3) is 0 Å². The minimum atomic E-state index is 0.0667. The lowest BCUT2D eigenvalue weighted by Gasteiger charge is -2.53. The number of piperidine rings is 1. The van der Waals surface area contributed by atoms with Crippen molar-refractivity contribution in [2.45, 2.75) is 44.2 Å². The van der Waals surface area contributed by atoms with Gasteiger partial charge in [-0.3, -0.25) is 14.7 Å². The second-order valence-corrected chi connectivity index (χ2v) is 7.66. The fraction of sp³-hybridized carbons (Fsp3) is 0.684. The smallest absolute Gasteiger partial charge is 0.222 e. The van der Waals surface area contributed by atoms with Gasteiger partial charge >= 0.3 is 0 Å². The maximum absolute atomic E-state index is 12.0. The number of ether oxygens (including phenoxy) is 1. The summed E-state index contributed by atoms with van der Waals surface area (Å²) >= 11 is 0. The first-order valence-electron chi connectivity index (χ1n) is 9.26. The molecule has 0 unspecified atom stereocenters. The molecule has 0 aromatic carbocycles. The van der Waals surface area contributed by atoms with Crippen LogP contribution in [0.2, 0.25) is 0 Å². The number of rotatable bonds is 4. The van der Waals surface area contributed by atoms with Crippen LogP contribution in [0, 0.1) is 5.92 Å². The molecule has 5 nitrogen and oxygen atoms in total. The van der Waals surface area contributed by atoms with Crippen LogP contribution in [0.4, 0.5) is 0 Å². The summed E-state index contributed by atoms with van der Waals surface area (Å²) in [5, 5.41) is 0. The van der Waals surface area contributed by atoms with E-state index in [0.29, 0.717) is 11.8 Å². The predicted molar refractivity (Wildman–Crippen MR) is 91.4 cm³/mol. The number of hydrogen-bond donors (Lipinski definition) is 0. The minimum absolute atomic E-state index is 0.0667. The van der Waals surface area contributed by atoms with E-state index in [1.807, 2.05) is 18.3 Å². The third-order valence-corrected chi connectivity index (χ3v) is 5.67. The van der Waals surface area contributed by atoms with Crippen LogP contribution in [0.25, 0.3) is 0 Å². The van der Waals surface area contributed by atoms with Crippen LogP contribution in [0.1, 0.15) is 37.8 Å². The number of amides is 1. The maximum Gasteiger partial charge on any atom is 0.222 e. The summed E-state index contributed by atoms with van der Waals surface area (Å²) in [5.41, 5.74) is 1.20. The molecule has 0 radical (unpaired) electrons. The molecule has 1 aromatic rings. The SMILES string of the molecule is O=C1CCCCN1C[C@@H]1CCC2(CN(Cc3ccccn3)C2)OC1. The van der Waals surface area contributed by atoms with E-state index in [-0.39, 0.29) is 5.60 Å². The summed E-state index contributed by atoms with van der Waals surface area (Å²) in [6.07, 6.45) is 7.12. The number of likely N-dealkylation sites (tertiary alicyclic amines) is 2. The minimum Gasteiger partial charge on any atom is -0.372 e. The Morgan fingerprint density at radius 3 is 2.92 bits per heavy atom. The molecule has 1 atom stereocenters. The second-order valence-electron chi connectivity index (χ2n) is 7.66. The molecule has 1 aromatic heterocycles. The van der Waals surface area contributed by atoms with Crippen molar-refractivity contribution in [2.24, 2.45) is 5.92 Å². The highest BCUT2D eigenvalue weighted by Gasteiger charge is 2.46.